The molecule has 0 aliphatic carbocycles. The normalized spacial score (nSPS) is 19.5. The van der Waals surface area contributed by atoms with Crippen LogP contribution in [0.3, 0.4) is 0 Å². The number of rotatable bonds is 5. The summed E-state index contributed by atoms with van der Waals surface area (Å²) < 4.78 is 11.4. The lowest BCUT2D eigenvalue weighted by atomic mass is 9.80. The quantitative estimate of drug-likeness (QED) is 0.793. The molecule has 160 valence electrons. The number of likely N-dealkylation sites (tertiary alicyclic amines) is 1. The minimum Gasteiger partial charge on any atom is -0.490 e. The van der Waals surface area contributed by atoms with Gasteiger partial charge in [0.1, 0.15) is 0 Å². The fourth-order valence-corrected chi connectivity index (χ4v) is 4.43. The monoisotopic (exact) mass is 410 g/mol. The van der Waals surface area contributed by atoms with Gasteiger partial charge in [-0.25, -0.2) is 0 Å². The van der Waals surface area contributed by atoms with Crippen LogP contribution in [0.4, 0.5) is 0 Å². The number of nitrogens with one attached hydrogen (secondary N) is 1. The van der Waals surface area contributed by atoms with Gasteiger partial charge in [-0.1, -0.05) is 36.4 Å². The Morgan fingerprint density at radius 1 is 1.10 bits per heavy atom. The number of aliphatic hydroxyl groups is 1. The van der Waals surface area contributed by atoms with Crippen molar-refractivity contribution in [3.8, 4) is 11.5 Å². The van der Waals surface area contributed by atoms with E-state index in [4.69, 9.17) is 9.47 Å². The Bertz CT molecular complexity index is 863. The molecule has 1 amide bonds. The first kappa shape index (κ1) is 20.7. The molecule has 0 radical (unpaired) electrons. The first-order chi connectivity index (χ1) is 14.6. The van der Waals surface area contributed by atoms with Crippen LogP contribution in [0.1, 0.15) is 43.4 Å². The summed E-state index contributed by atoms with van der Waals surface area (Å²) in [6.45, 7) is 5.01. The zero-order chi connectivity index (χ0) is 21.0. The number of ether oxygens (including phenoxy) is 2. The number of aliphatic hydroxyl groups excluding tert-OH is 1. The Morgan fingerprint density at radius 2 is 1.80 bits per heavy atom. The van der Waals surface area contributed by atoms with E-state index in [0.29, 0.717) is 25.5 Å². The first-order valence-electron chi connectivity index (χ1n) is 10.7. The molecule has 0 saturated carbocycles. The molecule has 1 unspecified atom stereocenters. The summed E-state index contributed by atoms with van der Waals surface area (Å²) >= 11 is 0. The summed E-state index contributed by atoms with van der Waals surface area (Å²) in [5.41, 5.74) is 1.63. The van der Waals surface area contributed by atoms with Gasteiger partial charge in [0, 0.05) is 33.0 Å². The molecule has 1 fully saturated rings. The molecule has 6 heteroatoms. The highest BCUT2D eigenvalue weighted by molar-refractivity contribution is 5.74. The average molecular weight is 411 g/mol. The van der Waals surface area contributed by atoms with E-state index in [1.165, 1.54) is 0 Å². The number of amides is 1. The maximum Gasteiger partial charge on any atom is 0.217 e. The molecule has 30 heavy (non-hydrogen) atoms. The molecular formula is C24H30N2O4. The van der Waals surface area contributed by atoms with E-state index in [1.807, 2.05) is 36.4 Å². The number of hydrogen-bond acceptors (Lipinski definition) is 5. The van der Waals surface area contributed by atoms with Gasteiger partial charge < -0.3 is 24.8 Å². The zero-order valence-corrected chi connectivity index (χ0v) is 17.5. The van der Waals surface area contributed by atoms with Crippen LogP contribution in [-0.2, 0) is 10.3 Å². The van der Waals surface area contributed by atoms with Gasteiger partial charge in [0.2, 0.25) is 5.91 Å². The molecule has 0 spiro atoms. The molecule has 2 N–H and O–H groups in total. The third kappa shape index (κ3) is 4.60. The second kappa shape index (κ2) is 9.06. The van der Waals surface area contributed by atoms with Gasteiger partial charge in [-0.15, -0.1) is 0 Å². The van der Waals surface area contributed by atoms with Crippen molar-refractivity contribution in [2.24, 2.45) is 0 Å². The minimum atomic E-state index is -0.604. The number of nitrogens with zero attached hydrogens (tertiary/aromatic N) is 1. The highest BCUT2D eigenvalue weighted by Crippen LogP contribution is 2.35. The minimum absolute atomic E-state index is 0.0143. The van der Waals surface area contributed by atoms with Crippen molar-refractivity contribution in [1.82, 2.24) is 10.2 Å². The fraction of sp³-hybridized carbons (Fsp3) is 0.458. The van der Waals surface area contributed by atoms with Crippen molar-refractivity contribution in [2.75, 3.05) is 32.8 Å². The van der Waals surface area contributed by atoms with Crippen LogP contribution >= 0.6 is 0 Å². The third-order valence-electron chi connectivity index (χ3n) is 6.04. The Morgan fingerprint density at radius 3 is 2.50 bits per heavy atom. The summed E-state index contributed by atoms with van der Waals surface area (Å²) in [5.74, 6) is 1.43. The topological polar surface area (TPSA) is 71.0 Å². The molecule has 4 rings (SSSR count). The second-order valence-corrected chi connectivity index (χ2v) is 8.20. The lowest BCUT2D eigenvalue weighted by molar-refractivity contribution is -0.121. The van der Waals surface area contributed by atoms with Crippen molar-refractivity contribution in [3.05, 3.63) is 59.7 Å². The van der Waals surface area contributed by atoms with Crippen LogP contribution in [0.15, 0.2) is 48.5 Å². The van der Waals surface area contributed by atoms with Gasteiger partial charge in [-0.05, 0) is 36.1 Å². The molecule has 6 nitrogen and oxygen atoms in total. The Labute approximate surface area is 177 Å². The number of carbonyl (C=O) groups is 1. The molecular weight excluding hydrogens is 380 g/mol. The van der Waals surface area contributed by atoms with Crippen molar-refractivity contribution in [1.29, 1.82) is 0 Å². The summed E-state index contributed by atoms with van der Waals surface area (Å²) in [7, 11) is 0. The molecule has 2 heterocycles. The summed E-state index contributed by atoms with van der Waals surface area (Å²) in [5, 5.41) is 14.0. The number of β-amino-alcohol motifs (C(OH)–C–C–N with tert-alkyl or cyclic N) is 1. The Kier molecular flexibility index (Phi) is 6.25. The van der Waals surface area contributed by atoms with E-state index in [-0.39, 0.29) is 11.4 Å². The molecule has 0 aromatic heterocycles. The number of carbonyl (C=O) groups excluding carboxylic acids is 1. The maximum absolute atomic E-state index is 11.9. The summed E-state index contributed by atoms with van der Waals surface area (Å²) in [6, 6.07) is 15.9. The molecule has 2 aliphatic heterocycles. The van der Waals surface area contributed by atoms with E-state index in [2.05, 4.69) is 22.3 Å². The van der Waals surface area contributed by atoms with Crippen molar-refractivity contribution < 1.29 is 19.4 Å². The predicted octanol–water partition coefficient (Wildman–Crippen LogP) is 3.01. The van der Waals surface area contributed by atoms with Gasteiger partial charge in [0.05, 0.1) is 24.9 Å². The zero-order valence-electron chi connectivity index (χ0n) is 17.5. The number of fused-ring (bicyclic) bond motifs is 1. The van der Waals surface area contributed by atoms with E-state index in [1.54, 1.807) is 6.92 Å². The van der Waals surface area contributed by atoms with Gasteiger partial charge >= 0.3 is 0 Å². The molecule has 1 atom stereocenters. The predicted molar refractivity (Wildman–Crippen MR) is 115 cm³/mol. The fourth-order valence-electron chi connectivity index (χ4n) is 4.43. The van der Waals surface area contributed by atoms with Crippen molar-refractivity contribution >= 4 is 5.91 Å². The second-order valence-electron chi connectivity index (χ2n) is 8.20. The van der Waals surface area contributed by atoms with Crippen LogP contribution in [0.2, 0.25) is 0 Å². The SMILES string of the molecule is CC(=O)NC1(c2ccccc2)CCN(CC(O)c2ccc3c(c2)OCCCO3)CC1. The van der Waals surface area contributed by atoms with Gasteiger partial charge in [0.25, 0.3) is 0 Å². The van der Waals surface area contributed by atoms with E-state index in [0.717, 1.165) is 49.2 Å². The lowest BCUT2D eigenvalue weighted by Gasteiger charge is -2.43. The smallest absolute Gasteiger partial charge is 0.217 e. The van der Waals surface area contributed by atoms with Crippen molar-refractivity contribution in [3.63, 3.8) is 0 Å². The molecule has 0 bridgehead atoms. The van der Waals surface area contributed by atoms with Crippen LogP contribution < -0.4 is 14.8 Å². The van der Waals surface area contributed by atoms with Crippen LogP contribution in [0.25, 0.3) is 0 Å². The first-order valence-corrected chi connectivity index (χ1v) is 10.7. The van der Waals surface area contributed by atoms with Crippen LogP contribution in [-0.4, -0.2) is 48.8 Å². The van der Waals surface area contributed by atoms with E-state index >= 15 is 0 Å². The van der Waals surface area contributed by atoms with E-state index in [9.17, 15) is 9.90 Å². The highest BCUT2D eigenvalue weighted by Gasteiger charge is 2.37. The van der Waals surface area contributed by atoms with Crippen LogP contribution in [0.5, 0.6) is 11.5 Å². The van der Waals surface area contributed by atoms with Crippen LogP contribution in [0, 0.1) is 0 Å². The lowest BCUT2D eigenvalue weighted by Crippen LogP contribution is -2.53. The van der Waals surface area contributed by atoms with Gasteiger partial charge in [0.15, 0.2) is 11.5 Å². The number of benzene rings is 2. The number of hydrogen-bond donors (Lipinski definition) is 2. The average Bonchev–Trinajstić information content (AvgIpc) is 3.00. The molecule has 2 aromatic rings. The Balaban J connectivity index is 1.41. The maximum atomic E-state index is 11.9. The number of piperidine rings is 1. The van der Waals surface area contributed by atoms with Gasteiger partial charge in [-0.3, -0.25) is 4.79 Å². The largest absolute Gasteiger partial charge is 0.490 e. The Hall–Kier alpha value is -2.57. The van der Waals surface area contributed by atoms with Crippen molar-refractivity contribution in [2.45, 2.75) is 37.8 Å². The highest BCUT2D eigenvalue weighted by atomic mass is 16.5. The third-order valence-corrected chi connectivity index (χ3v) is 6.04. The summed E-state index contributed by atoms with van der Waals surface area (Å²) in [6.07, 6.45) is 1.87. The molecule has 1 saturated heterocycles. The standard InChI is InChI=1S/C24H30N2O4/c1-18(27)25-24(20-6-3-2-4-7-20)10-12-26(13-11-24)17-21(28)19-8-9-22-23(16-19)30-15-5-14-29-22/h2-4,6-9,16,21,28H,5,10-15,17H2,1H3,(H,25,27). The summed E-state index contributed by atoms with van der Waals surface area (Å²) in [4.78, 5) is 14.2. The molecule has 2 aliphatic rings. The van der Waals surface area contributed by atoms with E-state index < -0.39 is 6.10 Å². The van der Waals surface area contributed by atoms with Gasteiger partial charge in [-0.2, -0.15) is 0 Å². The molecule has 2 aromatic carbocycles.